The van der Waals surface area contributed by atoms with Crippen LogP contribution in [0.3, 0.4) is 0 Å². The molecule has 24 heavy (non-hydrogen) atoms. The highest BCUT2D eigenvalue weighted by Crippen LogP contribution is 2.21. The smallest absolute Gasteiger partial charge is 0.191 e. The van der Waals surface area contributed by atoms with Gasteiger partial charge in [0.1, 0.15) is 0 Å². The van der Waals surface area contributed by atoms with E-state index in [9.17, 15) is 0 Å². The second-order valence-electron chi connectivity index (χ2n) is 6.79. The van der Waals surface area contributed by atoms with Crippen LogP contribution >= 0.6 is 0 Å². The fourth-order valence-electron chi connectivity index (χ4n) is 3.70. The molecular formula is C20H30N4. The number of guanidine groups is 1. The first-order valence-corrected chi connectivity index (χ1v) is 9.23. The van der Waals surface area contributed by atoms with Crippen molar-refractivity contribution in [1.82, 2.24) is 15.5 Å². The van der Waals surface area contributed by atoms with Crippen LogP contribution in [0.5, 0.6) is 0 Å². The lowest BCUT2D eigenvalue weighted by Crippen LogP contribution is -2.49. The second-order valence-corrected chi connectivity index (χ2v) is 6.79. The van der Waals surface area contributed by atoms with Gasteiger partial charge in [-0.1, -0.05) is 43.3 Å². The number of nitrogens with zero attached hydrogens (tertiary/aromatic N) is 2. The first-order valence-electron chi connectivity index (χ1n) is 9.23. The molecule has 0 spiro atoms. The third kappa shape index (κ3) is 4.18. The average Bonchev–Trinajstić information content (AvgIpc) is 3.14. The topological polar surface area (TPSA) is 39.7 Å². The van der Waals surface area contributed by atoms with E-state index in [0.29, 0.717) is 12.1 Å². The molecule has 0 fully saturated rings. The van der Waals surface area contributed by atoms with Gasteiger partial charge in [0.2, 0.25) is 0 Å². The molecule has 1 aliphatic heterocycles. The SMILES string of the molecule is CCC(CNC(=NC)NC1CC=CC1)N1CCc2ccccc2C1. The fraction of sp³-hybridized carbons (Fsp3) is 0.550. The van der Waals surface area contributed by atoms with Crippen molar-refractivity contribution < 1.29 is 0 Å². The molecule has 1 aromatic rings. The average molecular weight is 326 g/mol. The van der Waals surface area contributed by atoms with E-state index in [2.05, 4.69) is 63.9 Å². The summed E-state index contributed by atoms with van der Waals surface area (Å²) in [6.07, 6.45) is 8.99. The molecule has 0 aromatic heterocycles. The van der Waals surface area contributed by atoms with E-state index in [1.807, 2.05) is 7.05 Å². The van der Waals surface area contributed by atoms with E-state index in [-0.39, 0.29) is 0 Å². The number of benzene rings is 1. The Morgan fingerprint density at radius 3 is 2.71 bits per heavy atom. The Morgan fingerprint density at radius 2 is 2.00 bits per heavy atom. The summed E-state index contributed by atoms with van der Waals surface area (Å²) in [5.74, 6) is 0.930. The van der Waals surface area contributed by atoms with Crippen molar-refractivity contribution in [3.8, 4) is 0 Å². The van der Waals surface area contributed by atoms with Gasteiger partial charge in [-0.15, -0.1) is 0 Å². The predicted molar refractivity (Wildman–Crippen MR) is 101 cm³/mol. The van der Waals surface area contributed by atoms with E-state index in [0.717, 1.165) is 51.3 Å². The quantitative estimate of drug-likeness (QED) is 0.496. The Bertz CT molecular complexity index is 585. The van der Waals surface area contributed by atoms with Crippen LogP contribution in [0.4, 0.5) is 0 Å². The Kier molecular flexibility index (Phi) is 5.91. The van der Waals surface area contributed by atoms with Gasteiger partial charge in [-0.25, -0.2) is 0 Å². The molecule has 0 radical (unpaired) electrons. The summed E-state index contributed by atoms with van der Waals surface area (Å²) in [4.78, 5) is 7.00. The van der Waals surface area contributed by atoms with Crippen LogP contribution in [-0.4, -0.2) is 43.1 Å². The maximum Gasteiger partial charge on any atom is 0.191 e. The molecule has 1 atom stereocenters. The van der Waals surface area contributed by atoms with Crippen molar-refractivity contribution in [3.05, 3.63) is 47.5 Å². The minimum Gasteiger partial charge on any atom is -0.355 e. The van der Waals surface area contributed by atoms with Gasteiger partial charge < -0.3 is 10.6 Å². The molecule has 0 saturated heterocycles. The van der Waals surface area contributed by atoms with Crippen molar-refractivity contribution in [2.24, 2.45) is 4.99 Å². The molecule has 0 amide bonds. The van der Waals surface area contributed by atoms with Gasteiger partial charge in [0, 0.05) is 38.8 Å². The van der Waals surface area contributed by atoms with Crippen LogP contribution in [0.25, 0.3) is 0 Å². The summed E-state index contributed by atoms with van der Waals surface area (Å²) in [6.45, 7) is 5.44. The first kappa shape index (κ1) is 17.0. The van der Waals surface area contributed by atoms with Crippen molar-refractivity contribution in [1.29, 1.82) is 0 Å². The largest absolute Gasteiger partial charge is 0.355 e. The molecule has 1 aromatic carbocycles. The van der Waals surface area contributed by atoms with Crippen molar-refractivity contribution in [2.75, 3.05) is 20.1 Å². The molecule has 130 valence electrons. The van der Waals surface area contributed by atoms with Crippen LogP contribution in [0.2, 0.25) is 0 Å². The van der Waals surface area contributed by atoms with Gasteiger partial charge in [-0.3, -0.25) is 9.89 Å². The normalized spacial score (nSPS) is 20.0. The number of rotatable bonds is 5. The van der Waals surface area contributed by atoms with E-state index < -0.39 is 0 Å². The third-order valence-corrected chi connectivity index (χ3v) is 5.23. The van der Waals surface area contributed by atoms with E-state index in [1.54, 1.807) is 0 Å². The van der Waals surface area contributed by atoms with Crippen molar-refractivity contribution in [3.63, 3.8) is 0 Å². The summed E-state index contributed by atoms with van der Waals surface area (Å²) < 4.78 is 0. The number of hydrogen-bond donors (Lipinski definition) is 2. The van der Waals surface area contributed by atoms with Gasteiger partial charge in [0.25, 0.3) is 0 Å². The highest BCUT2D eigenvalue weighted by atomic mass is 15.2. The first-order chi connectivity index (χ1) is 11.8. The van der Waals surface area contributed by atoms with Gasteiger partial charge in [0.15, 0.2) is 5.96 Å². The molecule has 1 unspecified atom stereocenters. The number of fused-ring (bicyclic) bond motifs is 1. The maximum atomic E-state index is 4.39. The number of aliphatic imine (C=N–C) groups is 1. The zero-order chi connectivity index (χ0) is 16.8. The predicted octanol–water partition coefficient (Wildman–Crippen LogP) is 2.71. The van der Waals surface area contributed by atoms with Gasteiger partial charge >= 0.3 is 0 Å². The van der Waals surface area contributed by atoms with Crippen molar-refractivity contribution in [2.45, 2.75) is 51.2 Å². The Hall–Kier alpha value is -1.81. The van der Waals surface area contributed by atoms with Crippen molar-refractivity contribution >= 4 is 5.96 Å². The highest BCUT2D eigenvalue weighted by molar-refractivity contribution is 5.80. The van der Waals surface area contributed by atoms with E-state index in [4.69, 9.17) is 0 Å². The van der Waals surface area contributed by atoms with Gasteiger partial charge in [0.05, 0.1) is 0 Å². The van der Waals surface area contributed by atoms with Gasteiger partial charge in [-0.05, 0) is 36.8 Å². The van der Waals surface area contributed by atoms with E-state index in [1.165, 1.54) is 11.1 Å². The van der Waals surface area contributed by atoms with Crippen LogP contribution in [0.1, 0.15) is 37.3 Å². The summed E-state index contributed by atoms with van der Waals surface area (Å²) in [5, 5.41) is 7.06. The molecule has 3 rings (SSSR count). The Morgan fingerprint density at radius 1 is 1.25 bits per heavy atom. The monoisotopic (exact) mass is 326 g/mol. The summed E-state index contributed by atoms with van der Waals surface area (Å²) in [5.41, 5.74) is 3.00. The van der Waals surface area contributed by atoms with Crippen LogP contribution in [0.15, 0.2) is 41.4 Å². The number of hydrogen-bond acceptors (Lipinski definition) is 2. The Balaban J connectivity index is 1.53. The Labute approximate surface area is 146 Å². The van der Waals surface area contributed by atoms with Crippen LogP contribution in [0, 0.1) is 0 Å². The van der Waals surface area contributed by atoms with E-state index >= 15 is 0 Å². The lowest BCUT2D eigenvalue weighted by Gasteiger charge is -2.35. The number of nitrogens with one attached hydrogen (secondary N) is 2. The molecule has 0 bridgehead atoms. The molecule has 4 heteroatoms. The van der Waals surface area contributed by atoms with Crippen LogP contribution < -0.4 is 10.6 Å². The molecule has 2 aliphatic rings. The summed E-state index contributed by atoms with van der Waals surface area (Å²) >= 11 is 0. The van der Waals surface area contributed by atoms with Crippen LogP contribution in [-0.2, 0) is 13.0 Å². The summed E-state index contributed by atoms with van der Waals surface area (Å²) in [6, 6.07) is 9.89. The fourth-order valence-corrected chi connectivity index (χ4v) is 3.70. The molecule has 0 saturated carbocycles. The molecular weight excluding hydrogens is 296 g/mol. The summed E-state index contributed by atoms with van der Waals surface area (Å²) in [7, 11) is 1.86. The standard InChI is InChI=1S/C20H30N4/c1-3-19(14-22-20(21-2)23-18-10-6-7-11-18)24-13-12-16-8-4-5-9-17(16)15-24/h4-9,18-19H,3,10-15H2,1-2H3,(H2,21,22,23). The maximum absolute atomic E-state index is 4.39. The molecule has 2 N–H and O–H groups in total. The highest BCUT2D eigenvalue weighted by Gasteiger charge is 2.22. The lowest BCUT2D eigenvalue weighted by atomic mass is 9.98. The second kappa shape index (κ2) is 8.34. The zero-order valence-electron chi connectivity index (χ0n) is 15.0. The molecule has 1 aliphatic carbocycles. The minimum absolute atomic E-state index is 0.498. The van der Waals surface area contributed by atoms with Gasteiger partial charge in [-0.2, -0.15) is 0 Å². The lowest BCUT2D eigenvalue weighted by molar-refractivity contribution is 0.174. The minimum atomic E-state index is 0.498. The molecule has 4 nitrogen and oxygen atoms in total. The molecule has 1 heterocycles. The third-order valence-electron chi connectivity index (χ3n) is 5.23. The zero-order valence-corrected chi connectivity index (χ0v) is 15.0.